The average molecular weight is 453 g/mol. The number of nitrogens with two attached hydrogens (primary N) is 1. The molecule has 1 atom stereocenters. The number of amides is 1. The fourth-order valence-electron chi connectivity index (χ4n) is 3.42. The Morgan fingerprint density at radius 3 is 2.97 bits per heavy atom. The monoisotopic (exact) mass is 452 g/mol. The maximum absolute atomic E-state index is 13.5. The molecule has 0 unspecified atom stereocenters. The molecule has 4 rings (SSSR count). The maximum atomic E-state index is 13.5. The number of halogens is 3. The number of thiophene rings is 1. The van der Waals surface area contributed by atoms with Gasteiger partial charge in [0, 0.05) is 6.04 Å². The zero-order chi connectivity index (χ0) is 21.3. The van der Waals surface area contributed by atoms with E-state index < -0.39 is 11.6 Å². The highest BCUT2D eigenvalue weighted by Crippen LogP contribution is 2.42. The highest BCUT2D eigenvalue weighted by Gasteiger charge is 2.25. The third-order valence-corrected chi connectivity index (χ3v) is 6.15. The minimum atomic E-state index is -0.919. The first-order valence-corrected chi connectivity index (χ1v) is 10.6. The summed E-state index contributed by atoms with van der Waals surface area (Å²) in [5.74, 6) is -2.12. The molecular formula is C20H19ClF2N4O2S. The van der Waals surface area contributed by atoms with Crippen molar-refractivity contribution in [3.63, 3.8) is 0 Å². The molecule has 0 bridgehead atoms. The molecule has 0 spiro atoms. The van der Waals surface area contributed by atoms with Gasteiger partial charge in [0.05, 0.1) is 33.9 Å². The van der Waals surface area contributed by atoms with Gasteiger partial charge in [-0.1, -0.05) is 29.0 Å². The lowest BCUT2D eigenvalue weighted by atomic mass is 10.0. The van der Waals surface area contributed by atoms with Crippen LogP contribution in [-0.4, -0.2) is 34.9 Å². The van der Waals surface area contributed by atoms with Gasteiger partial charge in [-0.05, 0) is 43.1 Å². The van der Waals surface area contributed by atoms with Crippen molar-refractivity contribution in [2.24, 2.45) is 5.73 Å². The number of nitrogens with one attached hydrogen (secondary N) is 1. The largest absolute Gasteiger partial charge is 0.481 e. The van der Waals surface area contributed by atoms with Gasteiger partial charge >= 0.3 is 0 Å². The van der Waals surface area contributed by atoms with Crippen LogP contribution in [0.4, 0.5) is 8.78 Å². The van der Waals surface area contributed by atoms with Crippen molar-refractivity contribution in [2.45, 2.75) is 25.4 Å². The summed E-state index contributed by atoms with van der Waals surface area (Å²) in [4.78, 5) is 13.4. The van der Waals surface area contributed by atoms with Gasteiger partial charge in [0.25, 0.3) is 5.91 Å². The number of fused-ring (bicyclic) bond motifs is 3. The summed E-state index contributed by atoms with van der Waals surface area (Å²) in [6.45, 7) is 1.33. The van der Waals surface area contributed by atoms with E-state index in [-0.39, 0.29) is 11.9 Å². The molecule has 3 heterocycles. The number of ether oxygens (including phenoxy) is 1. The Labute approximate surface area is 180 Å². The number of hydrogen-bond donors (Lipinski definition) is 2. The number of hydrogen-bond acceptors (Lipinski definition) is 5. The Kier molecular flexibility index (Phi) is 6.03. The number of carbonyl (C=O) groups is 1. The number of nitrogens with zero attached hydrogens (tertiary/aromatic N) is 2. The van der Waals surface area contributed by atoms with Crippen molar-refractivity contribution in [1.82, 2.24) is 15.1 Å². The lowest BCUT2D eigenvalue weighted by Gasteiger charge is -2.18. The molecule has 2 aromatic heterocycles. The van der Waals surface area contributed by atoms with Gasteiger partial charge < -0.3 is 15.8 Å². The van der Waals surface area contributed by atoms with Crippen LogP contribution in [0.15, 0.2) is 30.5 Å². The van der Waals surface area contributed by atoms with Crippen LogP contribution in [0.5, 0.6) is 5.06 Å². The molecular weight excluding hydrogens is 434 g/mol. The molecule has 6 nitrogen and oxygen atoms in total. The first kappa shape index (κ1) is 20.8. The molecule has 3 N–H and O–H groups in total. The van der Waals surface area contributed by atoms with Crippen molar-refractivity contribution in [1.29, 1.82) is 0 Å². The predicted molar refractivity (Wildman–Crippen MR) is 111 cm³/mol. The summed E-state index contributed by atoms with van der Waals surface area (Å²) in [6, 6.07) is 5.11. The lowest BCUT2D eigenvalue weighted by Crippen LogP contribution is -2.37. The zero-order valence-electron chi connectivity index (χ0n) is 15.8. The van der Waals surface area contributed by atoms with Crippen LogP contribution in [0, 0.1) is 11.6 Å². The van der Waals surface area contributed by atoms with Gasteiger partial charge in [-0.25, -0.2) is 8.78 Å². The van der Waals surface area contributed by atoms with E-state index in [2.05, 4.69) is 10.4 Å². The SMILES string of the molecule is NCC[C@H](Cc1ccc(F)c(F)c1)NC(=O)c1cc2c(s1)OCCn1ncc(Cl)c1-2. The number of aromatic nitrogens is 2. The Morgan fingerprint density at radius 1 is 1.37 bits per heavy atom. The molecule has 0 saturated carbocycles. The van der Waals surface area contributed by atoms with E-state index in [9.17, 15) is 13.6 Å². The van der Waals surface area contributed by atoms with E-state index in [1.165, 1.54) is 17.4 Å². The molecule has 1 aliphatic rings. The molecule has 1 aliphatic heterocycles. The van der Waals surface area contributed by atoms with Crippen molar-refractivity contribution >= 4 is 28.8 Å². The highest BCUT2D eigenvalue weighted by atomic mass is 35.5. The van der Waals surface area contributed by atoms with E-state index in [1.54, 1.807) is 16.9 Å². The van der Waals surface area contributed by atoms with Gasteiger partial charge in [0.2, 0.25) is 0 Å². The summed E-state index contributed by atoms with van der Waals surface area (Å²) in [5.41, 5.74) is 7.70. The van der Waals surface area contributed by atoms with Crippen LogP contribution < -0.4 is 15.8 Å². The van der Waals surface area contributed by atoms with E-state index in [4.69, 9.17) is 22.1 Å². The second-order valence-corrected chi connectivity index (χ2v) is 8.35. The van der Waals surface area contributed by atoms with Gasteiger partial charge in [0.15, 0.2) is 16.7 Å². The average Bonchev–Trinajstić information content (AvgIpc) is 3.24. The smallest absolute Gasteiger partial charge is 0.261 e. The lowest BCUT2D eigenvalue weighted by molar-refractivity contribution is 0.0939. The van der Waals surface area contributed by atoms with Crippen molar-refractivity contribution < 1.29 is 18.3 Å². The summed E-state index contributed by atoms with van der Waals surface area (Å²) >= 11 is 7.51. The molecule has 1 aromatic carbocycles. The molecule has 1 amide bonds. The number of benzene rings is 1. The minimum absolute atomic E-state index is 0.292. The maximum Gasteiger partial charge on any atom is 0.261 e. The fourth-order valence-corrected chi connectivity index (χ4v) is 4.60. The molecule has 3 aromatic rings. The molecule has 30 heavy (non-hydrogen) atoms. The quantitative estimate of drug-likeness (QED) is 0.598. The Balaban J connectivity index is 1.54. The third-order valence-electron chi connectivity index (χ3n) is 4.82. The molecule has 10 heteroatoms. The molecule has 0 aliphatic carbocycles. The Bertz CT molecular complexity index is 1080. The molecule has 0 saturated heterocycles. The zero-order valence-corrected chi connectivity index (χ0v) is 17.4. The number of carbonyl (C=O) groups excluding carboxylic acids is 1. The second kappa shape index (κ2) is 8.71. The van der Waals surface area contributed by atoms with Crippen LogP contribution in [-0.2, 0) is 13.0 Å². The summed E-state index contributed by atoms with van der Waals surface area (Å²) < 4.78 is 34.2. The van der Waals surface area contributed by atoms with E-state index in [0.717, 1.165) is 23.4 Å². The summed E-state index contributed by atoms with van der Waals surface area (Å²) in [6.07, 6.45) is 2.40. The summed E-state index contributed by atoms with van der Waals surface area (Å²) in [5, 5.41) is 8.28. The number of rotatable bonds is 6. The van der Waals surface area contributed by atoms with Gasteiger partial charge in [-0.2, -0.15) is 5.10 Å². The molecule has 0 radical (unpaired) electrons. The predicted octanol–water partition coefficient (Wildman–Crippen LogP) is 3.63. The van der Waals surface area contributed by atoms with Gasteiger partial charge in [-0.15, -0.1) is 0 Å². The third kappa shape index (κ3) is 4.19. The van der Waals surface area contributed by atoms with E-state index >= 15 is 0 Å². The highest BCUT2D eigenvalue weighted by molar-refractivity contribution is 7.16. The van der Waals surface area contributed by atoms with Crippen LogP contribution in [0.25, 0.3) is 11.3 Å². The van der Waals surface area contributed by atoms with Gasteiger partial charge in [0.1, 0.15) is 6.61 Å². The Morgan fingerprint density at radius 2 is 2.20 bits per heavy atom. The van der Waals surface area contributed by atoms with Crippen LogP contribution in [0.1, 0.15) is 21.7 Å². The van der Waals surface area contributed by atoms with E-state index in [1.807, 2.05) is 0 Å². The van der Waals surface area contributed by atoms with E-state index in [0.29, 0.717) is 53.1 Å². The topological polar surface area (TPSA) is 82.2 Å². The first-order valence-electron chi connectivity index (χ1n) is 9.39. The molecule has 158 valence electrons. The van der Waals surface area contributed by atoms with Crippen molar-refractivity contribution in [3.05, 3.63) is 57.6 Å². The fraction of sp³-hybridized carbons (Fsp3) is 0.300. The second-order valence-electron chi connectivity index (χ2n) is 6.92. The van der Waals surface area contributed by atoms with Gasteiger partial charge in [-0.3, -0.25) is 9.48 Å². The van der Waals surface area contributed by atoms with Crippen molar-refractivity contribution in [2.75, 3.05) is 13.2 Å². The Hall–Kier alpha value is -2.49. The van der Waals surface area contributed by atoms with Crippen LogP contribution in [0.2, 0.25) is 5.02 Å². The minimum Gasteiger partial charge on any atom is -0.481 e. The molecule has 0 fully saturated rings. The standard InChI is InChI=1S/C20H19ClF2N4O2S/c21-14-10-25-27-5-6-29-20-13(18(14)27)9-17(30-20)19(28)26-12(3-4-24)7-11-1-2-15(22)16(23)8-11/h1-2,8-10,12H,3-7,24H2,(H,26,28)/t12-/m1/s1. The van der Waals surface area contributed by atoms with Crippen molar-refractivity contribution in [3.8, 4) is 16.3 Å². The van der Waals surface area contributed by atoms with Crippen LogP contribution >= 0.6 is 22.9 Å². The first-order chi connectivity index (χ1) is 14.5. The normalized spacial score (nSPS) is 13.7. The van der Waals surface area contributed by atoms with Crippen LogP contribution in [0.3, 0.4) is 0 Å². The summed E-state index contributed by atoms with van der Waals surface area (Å²) in [7, 11) is 0.